The van der Waals surface area contributed by atoms with Gasteiger partial charge >= 0.3 is 0 Å². The Labute approximate surface area is 91.6 Å². The number of aryl methyl sites for hydroxylation is 1. The van der Waals surface area contributed by atoms with E-state index in [0.29, 0.717) is 10.3 Å². The van der Waals surface area contributed by atoms with Crippen LogP contribution in [0, 0.1) is 6.85 Å². The predicted molar refractivity (Wildman–Crippen MR) is 53.8 cm³/mol. The van der Waals surface area contributed by atoms with Gasteiger partial charge in [0.2, 0.25) is 0 Å². The van der Waals surface area contributed by atoms with Gasteiger partial charge < -0.3 is 4.57 Å². The second-order valence-corrected chi connectivity index (χ2v) is 3.16. The highest BCUT2D eigenvalue weighted by atomic mass is 79.9. The van der Waals surface area contributed by atoms with Crippen molar-refractivity contribution < 1.29 is 6.85 Å². The largest absolute Gasteiger partial charge is 0.304 e. The summed E-state index contributed by atoms with van der Waals surface area (Å²) >= 11 is 3.17. The third-order valence-electron chi connectivity index (χ3n) is 1.45. The number of hydrogen-bond acceptors (Lipinski definition) is 2. The summed E-state index contributed by atoms with van der Waals surface area (Å²) in [6.07, 6.45) is 0.824. The molecule has 0 aliphatic heterocycles. The molecule has 2 rings (SSSR count). The van der Waals surface area contributed by atoms with E-state index in [1.54, 1.807) is 12.1 Å². The monoisotopic (exact) mass is 242 g/mol. The van der Waals surface area contributed by atoms with E-state index in [4.69, 9.17) is 6.85 Å². The highest BCUT2D eigenvalue weighted by Crippen LogP contribution is 2.10. The highest BCUT2D eigenvalue weighted by molar-refractivity contribution is 9.10. The Kier molecular flexibility index (Phi) is 1.11. The van der Waals surface area contributed by atoms with Crippen LogP contribution in [-0.4, -0.2) is 14.5 Å². The van der Waals surface area contributed by atoms with Gasteiger partial charge in [0.1, 0.15) is 5.97 Å². The van der Waals surface area contributed by atoms with Crippen LogP contribution in [0.1, 0.15) is 12.5 Å². The van der Waals surface area contributed by atoms with Gasteiger partial charge in [-0.1, -0.05) is 0 Å². The fraction of sp³-hybridized carbons (Fsp3) is 0.111. The molecule has 0 N–H and O–H groups in total. The Morgan fingerprint density at radius 1 is 1.54 bits per heavy atom. The number of nitrogens with zero attached hydrogens (tertiary/aromatic N) is 3. The van der Waals surface area contributed by atoms with E-state index >= 15 is 0 Å². The van der Waals surface area contributed by atoms with Crippen LogP contribution in [0.2, 0.25) is 0 Å². The lowest BCUT2D eigenvalue weighted by atomic mass is 10.4. The first-order valence-corrected chi connectivity index (χ1v) is 4.28. The molecule has 0 fully saturated rings. The van der Waals surface area contributed by atoms with Crippen molar-refractivity contribution in [2.45, 2.75) is 6.85 Å². The molecule has 0 amide bonds. The van der Waals surface area contributed by atoms with Crippen LogP contribution >= 0.6 is 15.9 Å². The van der Waals surface area contributed by atoms with Gasteiger partial charge in [-0.3, -0.25) is 0 Å². The van der Waals surface area contributed by atoms with Crippen LogP contribution in [0.5, 0.6) is 0 Å². The van der Waals surface area contributed by atoms with Crippen LogP contribution in [0.25, 0.3) is 5.69 Å². The molecule has 0 radical (unpaired) electrons. The van der Waals surface area contributed by atoms with Gasteiger partial charge in [-0.2, -0.15) is 0 Å². The first kappa shape index (κ1) is 4.37. The fourth-order valence-corrected chi connectivity index (χ4v) is 1.11. The van der Waals surface area contributed by atoms with Crippen molar-refractivity contribution in [1.29, 1.82) is 0 Å². The second-order valence-electron chi connectivity index (χ2n) is 2.35. The minimum absolute atomic E-state index is 0.296. The third kappa shape index (κ3) is 1.78. The molecule has 2 heterocycles. The Morgan fingerprint density at radius 2 is 2.46 bits per heavy atom. The van der Waals surface area contributed by atoms with Gasteiger partial charge in [0.25, 0.3) is 0 Å². The van der Waals surface area contributed by atoms with E-state index in [2.05, 4.69) is 25.9 Å². The van der Waals surface area contributed by atoms with Gasteiger partial charge in [0.05, 0.1) is 25.3 Å². The van der Waals surface area contributed by atoms with E-state index in [-0.39, 0.29) is 18.2 Å². The van der Waals surface area contributed by atoms with Crippen LogP contribution in [0.15, 0.2) is 35.4 Å². The van der Waals surface area contributed by atoms with E-state index in [1.807, 2.05) is 0 Å². The summed E-state index contributed by atoms with van der Waals surface area (Å²) < 4.78 is 38.9. The van der Waals surface area contributed by atoms with Crippen LogP contribution in [0.3, 0.4) is 0 Å². The van der Waals surface area contributed by atoms with Crippen molar-refractivity contribution in [2.24, 2.45) is 0 Å². The summed E-state index contributed by atoms with van der Waals surface area (Å²) in [5, 5.41) is 0. The number of pyridine rings is 1. The summed E-state index contributed by atoms with van der Waals surface area (Å²) in [5.74, 6) is 0. The molecule has 0 aliphatic rings. The molecule has 2 aromatic heterocycles. The molecule has 2 aromatic rings. The van der Waals surface area contributed by atoms with Crippen LogP contribution in [0.4, 0.5) is 0 Å². The van der Waals surface area contributed by atoms with Gasteiger partial charge in [-0.25, -0.2) is 9.97 Å². The van der Waals surface area contributed by atoms with E-state index in [0.717, 1.165) is 4.57 Å². The quantitative estimate of drug-likeness (QED) is 0.719. The number of imidazole rings is 1. The maximum Gasteiger partial charge on any atom is 0.106 e. The molecule has 66 valence electrons. The fourth-order valence-electron chi connectivity index (χ4n) is 0.878. The van der Waals surface area contributed by atoms with Crippen LogP contribution in [-0.2, 0) is 0 Å². The summed E-state index contributed by atoms with van der Waals surface area (Å²) in [4.78, 5) is 7.59. The Bertz CT molecular complexity index is 575. The minimum Gasteiger partial charge on any atom is -0.304 e. The van der Waals surface area contributed by atoms with E-state index in [9.17, 15) is 0 Å². The number of hydrogen-bond donors (Lipinski definition) is 0. The SMILES string of the molecule is [2H]c1nc(C([2H])([2H])[2H])c([2H])n1-c1ccc(Br)nc1. The van der Waals surface area contributed by atoms with Crippen molar-refractivity contribution in [2.75, 3.05) is 0 Å². The van der Waals surface area contributed by atoms with Crippen molar-refractivity contribution in [3.8, 4) is 5.69 Å². The zero-order valence-corrected chi connectivity index (χ0v) is 8.04. The topological polar surface area (TPSA) is 30.7 Å². The van der Waals surface area contributed by atoms with E-state index < -0.39 is 6.85 Å². The van der Waals surface area contributed by atoms with Gasteiger partial charge in [-0.05, 0) is 34.9 Å². The maximum atomic E-state index is 7.80. The summed E-state index contributed by atoms with van der Waals surface area (Å²) in [6.45, 7) is -2.50. The molecule has 0 saturated carbocycles. The molecule has 0 aromatic carbocycles. The maximum absolute atomic E-state index is 7.80. The highest BCUT2D eigenvalue weighted by Gasteiger charge is 1.97. The lowest BCUT2D eigenvalue weighted by Crippen LogP contribution is -1.90. The first-order valence-electron chi connectivity index (χ1n) is 5.99. The summed E-state index contributed by atoms with van der Waals surface area (Å²) in [6, 6.07) is 3.27. The average molecular weight is 243 g/mol. The molecule has 13 heavy (non-hydrogen) atoms. The van der Waals surface area contributed by atoms with Gasteiger partial charge in [-0.15, -0.1) is 0 Å². The molecule has 3 nitrogen and oxygen atoms in total. The zero-order valence-electron chi connectivity index (χ0n) is 11.5. The summed E-state index contributed by atoms with van der Waals surface area (Å²) in [7, 11) is 0. The molecule has 0 spiro atoms. The molecule has 0 unspecified atom stereocenters. The Balaban J connectivity index is 2.59. The molecule has 0 saturated heterocycles. The number of aromatic nitrogens is 3. The predicted octanol–water partition coefficient (Wildman–Crippen LogP) is 2.34. The molecule has 0 aliphatic carbocycles. The summed E-state index contributed by atoms with van der Waals surface area (Å²) in [5.41, 5.74) is 0.0478. The van der Waals surface area contributed by atoms with Crippen molar-refractivity contribution in [3.63, 3.8) is 0 Å². The molecule has 4 heteroatoms. The van der Waals surface area contributed by atoms with Crippen molar-refractivity contribution in [3.05, 3.63) is 41.1 Å². The zero-order chi connectivity index (χ0) is 13.5. The minimum atomic E-state index is -2.50. The van der Waals surface area contributed by atoms with Gasteiger partial charge in [0, 0.05) is 10.3 Å². The van der Waals surface area contributed by atoms with Crippen LogP contribution < -0.4 is 0 Å². The standard InChI is InChI=1S/C9H8BrN3/c1-7-5-13(6-12-7)8-2-3-9(10)11-4-8/h2-6H,1H3/i1D3,5D,6D. The first-order chi connectivity index (χ1) is 8.30. The smallest absolute Gasteiger partial charge is 0.106 e. The molecule has 0 atom stereocenters. The third-order valence-corrected chi connectivity index (χ3v) is 1.92. The lowest BCUT2D eigenvalue weighted by molar-refractivity contribution is 1.03. The van der Waals surface area contributed by atoms with Crippen molar-refractivity contribution >= 4 is 15.9 Å². The molecular weight excluding hydrogens is 230 g/mol. The number of rotatable bonds is 1. The Hall–Kier alpha value is -1.16. The second kappa shape index (κ2) is 3.30. The van der Waals surface area contributed by atoms with Gasteiger partial charge in [0.15, 0.2) is 0 Å². The molecular formula is C9H8BrN3. The normalized spacial score (nSPS) is 16.8. The van der Waals surface area contributed by atoms with Crippen molar-refractivity contribution in [1.82, 2.24) is 14.5 Å². The Morgan fingerprint density at radius 3 is 3.08 bits per heavy atom. The molecule has 0 bridgehead atoms. The lowest BCUT2D eigenvalue weighted by Gasteiger charge is -1.99. The average Bonchev–Trinajstić information content (AvgIpc) is 2.56. The number of halogens is 1. The van der Waals surface area contributed by atoms with E-state index in [1.165, 1.54) is 6.20 Å².